The summed E-state index contributed by atoms with van der Waals surface area (Å²) in [6, 6.07) is 6.73. The van der Waals surface area contributed by atoms with Gasteiger partial charge in [0.05, 0.1) is 4.70 Å². The van der Waals surface area contributed by atoms with E-state index in [9.17, 15) is 9.18 Å². The predicted molar refractivity (Wildman–Crippen MR) is 90.9 cm³/mol. The van der Waals surface area contributed by atoms with Crippen LogP contribution in [0.1, 0.15) is 10.5 Å². The molecule has 0 atom stereocenters. The minimum absolute atomic E-state index is 0.0504. The van der Waals surface area contributed by atoms with Gasteiger partial charge in [0.15, 0.2) is 5.13 Å². The molecule has 0 bridgehead atoms. The van der Waals surface area contributed by atoms with Gasteiger partial charge < -0.3 is 9.80 Å². The molecule has 6 nitrogen and oxygen atoms in total. The van der Waals surface area contributed by atoms with E-state index in [1.165, 1.54) is 17.4 Å². The summed E-state index contributed by atoms with van der Waals surface area (Å²) >= 11 is 1.48. The monoisotopic (exact) mass is 345 g/mol. The van der Waals surface area contributed by atoms with Crippen molar-refractivity contribution in [1.29, 1.82) is 0 Å². The lowest BCUT2D eigenvalue weighted by Gasteiger charge is -2.34. The van der Waals surface area contributed by atoms with Crippen molar-refractivity contribution in [2.75, 3.05) is 31.1 Å². The average molecular weight is 345 g/mol. The van der Waals surface area contributed by atoms with Crippen LogP contribution in [0.25, 0.3) is 10.2 Å². The summed E-state index contributed by atoms with van der Waals surface area (Å²) in [7, 11) is 1.79. The predicted octanol–water partition coefficient (Wildman–Crippen LogP) is 2.13. The number of halogens is 1. The van der Waals surface area contributed by atoms with Crippen LogP contribution in [0.3, 0.4) is 0 Å². The molecule has 1 aromatic carbocycles. The second-order valence-corrected chi connectivity index (χ2v) is 6.75. The Kier molecular flexibility index (Phi) is 3.68. The number of carbonyl (C=O) groups is 1. The van der Waals surface area contributed by atoms with E-state index < -0.39 is 0 Å². The molecule has 2 aromatic heterocycles. The van der Waals surface area contributed by atoms with E-state index >= 15 is 0 Å². The summed E-state index contributed by atoms with van der Waals surface area (Å²) in [5.41, 5.74) is 0.887. The number of thiazole rings is 1. The number of benzene rings is 1. The topological polar surface area (TPSA) is 54.3 Å². The third-order valence-electron chi connectivity index (χ3n) is 4.13. The first-order chi connectivity index (χ1) is 11.6. The highest BCUT2D eigenvalue weighted by Crippen LogP contribution is 2.30. The fourth-order valence-corrected chi connectivity index (χ4v) is 3.86. The molecule has 1 saturated heterocycles. The first-order valence-corrected chi connectivity index (χ1v) is 8.52. The number of rotatable bonds is 2. The smallest absolute Gasteiger partial charge is 0.274 e. The number of piperazine rings is 1. The van der Waals surface area contributed by atoms with Crippen LogP contribution in [0.2, 0.25) is 0 Å². The Morgan fingerprint density at radius 1 is 1.21 bits per heavy atom. The molecule has 0 radical (unpaired) electrons. The number of amides is 1. The van der Waals surface area contributed by atoms with Gasteiger partial charge in [-0.15, -0.1) is 0 Å². The first kappa shape index (κ1) is 15.1. The van der Waals surface area contributed by atoms with Crippen LogP contribution in [0.5, 0.6) is 0 Å². The van der Waals surface area contributed by atoms with Gasteiger partial charge >= 0.3 is 0 Å². The summed E-state index contributed by atoms with van der Waals surface area (Å²) in [5, 5.41) is 4.97. The molecule has 1 aliphatic rings. The highest BCUT2D eigenvalue weighted by Gasteiger charge is 2.25. The van der Waals surface area contributed by atoms with E-state index in [0.717, 1.165) is 9.83 Å². The first-order valence-electron chi connectivity index (χ1n) is 7.71. The van der Waals surface area contributed by atoms with Crippen LogP contribution in [0.15, 0.2) is 30.5 Å². The molecule has 24 heavy (non-hydrogen) atoms. The third-order valence-corrected chi connectivity index (χ3v) is 5.21. The summed E-state index contributed by atoms with van der Waals surface area (Å²) in [4.78, 5) is 20.7. The van der Waals surface area contributed by atoms with E-state index in [1.807, 2.05) is 6.07 Å². The zero-order chi connectivity index (χ0) is 16.7. The lowest BCUT2D eigenvalue weighted by atomic mass is 10.3. The Bertz CT molecular complexity index is 897. The standard InChI is InChI=1S/C16H16FN5OS/c1-20-6-5-12(19-20)15(23)21-7-9-22(10-8-21)16-18-14-11(17)3-2-4-13(14)24-16/h2-6H,7-10H2,1H3. The summed E-state index contributed by atoms with van der Waals surface area (Å²) < 4.78 is 16.3. The minimum atomic E-state index is -0.293. The largest absolute Gasteiger partial charge is 0.345 e. The number of para-hydroxylation sites is 1. The molecule has 1 amide bonds. The fourth-order valence-electron chi connectivity index (χ4n) is 2.83. The molecule has 0 spiro atoms. The van der Waals surface area contributed by atoms with E-state index in [-0.39, 0.29) is 11.7 Å². The molecule has 0 saturated carbocycles. The number of carbonyl (C=O) groups excluding carboxylic acids is 1. The lowest BCUT2D eigenvalue weighted by Crippen LogP contribution is -2.48. The number of aryl methyl sites for hydroxylation is 1. The fraction of sp³-hybridized carbons (Fsp3) is 0.312. The van der Waals surface area contributed by atoms with Gasteiger partial charge in [0.25, 0.3) is 5.91 Å². The molecular formula is C16H16FN5OS. The number of nitrogens with zero attached hydrogens (tertiary/aromatic N) is 5. The third kappa shape index (κ3) is 2.62. The summed E-state index contributed by atoms with van der Waals surface area (Å²) in [6.07, 6.45) is 1.76. The highest BCUT2D eigenvalue weighted by molar-refractivity contribution is 7.22. The van der Waals surface area contributed by atoms with Gasteiger partial charge in [-0.05, 0) is 18.2 Å². The second kappa shape index (κ2) is 5.86. The van der Waals surface area contributed by atoms with Crippen LogP contribution in [-0.2, 0) is 7.05 Å². The zero-order valence-electron chi connectivity index (χ0n) is 13.1. The Balaban J connectivity index is 1.47. The lowest BCUT2D eigenvalue weighted by molar-refractivity contribution is 0.0740. The van der Waals surface area contributed by atoms with Gasteiger partial charge in [-0.25, -0.2) is 9.37 Å². The van der Waals surface area contributed by atoms with E-state index in [2.05, 4.69) is 15.0 Å². The van der Waals surface area contributed by atoms with Crippen LogP contribution in [0, 0.1) is 5.82 Å². The highest BCUT2D eigenvalue weighted by atomic mass is 32.1. The number of aromatic nitrogens is 3. The molecule has 8 heteroatoms. The van der Waals surface area contributed by atoms with Crippen molar-refractivity contribution in [2.24, 2.45) is 7.05 Å². The molecular weight excluding hydrogens is 329 g/mol. The van der Waals surface area contributed by atoms with E-state index in [0.29, 0.717) is 37.4 Å². The number of anilines is 1. The molecule has 1 fully saturated rings. The van der Waals surface area contributed by atoms with Crippen molar-refractivity contribution in [3.05, 3.63) is 42.0 Å². The Morgan fingerprint density at radius 3 is 2.67 bits per heavy atom. The number of hydrogen-bond acceptors (Lipinski definition) is 5. The van der Waals surface area contributed by atoms with Gasteiger partial charge in [0.1, 0.15) is 17.0 Å². The van der Waals surface area contributed by atoms with Crippen molar-refractivity contribution >= 4 is 32.6 Å². The van der Waals surface area contributed by atoms with Gasteiger partial charge in [-0.2, -0.15) is 5.10 Å². The average Bonchev–Trinajstić information content (AvgIpc) is 3.21. The van der Waals surface area contributed by atoms with Crippen molar-refractivity contribution in [1.82, 2.24) is 19.7 Å². The Labute approximate surface area is 142 Å². The van der Waals surface area contributed by atoms with Gasteiger partial charge in [-0.3, -0.25) is 9.48 Å². The van der Waals surface area contributed by atoms with Crippen molar-refractivity contribution in [2.45, 2.75) is 0 Å². The number of hydrogen-bond donors (Lipinski definition) is 0. The molecule has 0 N–H and O–H groups in total. The Hall–Kier alpha value is -2.48. The maximum Gasteiger partial charge on any atom is 0.274 e. The maximum absolute atomic E-state index is 13.8. The van der Waals surface area contributed by atoms with Crippen LogP contribution in [0.4, 0.5) is 9.52 Å². The van der Waals surface area contributed by atoms with Gasteiger partial charge in [0, 0.05) is 39.4 Å². The van der Waals surface area contributed by atoms with Gasteiger partial charge in [-0.1, -0.05) is 17.4 Å². The minimum Gasteiger partial charge on any atom is -0.345 e. The summed E-state index contributed by atoms with van der Waals surface area (Å²) in [6.45, 7) is 2.57. The SMILES string of the molecule is Cn1ccc(C(=O)N2CCN(c3nc4c(F)cccc4s3)CC2)n1. The molecule has 3 heterocycles. The van der Waals surface area contributed by atoms with Crippen molar-refractivity contribution < 1.29 is 9.18 Å². The molecule has 1 aliphatic heterocycles. The second-order valence-electron chi connectivity index (χ2n) is 5.74. The molecule has 0 aliphatic carbocycles. The molecule has 124 valence electrons. The van der Waals surface area contributed by atoms with Crippen LogP contribution < -0.4 is 4.90 Å². The van der Waals surface area contributed by atoms with Crippen LogP contribution >= 0.6 is 11.3 Å². The summed E-state index contributed by atoms with van der Waals surface area (Å²) in [5.74, 6) is -0.343. The van der Waals surface area contributed by atoms with Crippen LogP contribution in [-0.4, -0.2) is 51.8 Å². The zero-order valence-corrected chi connectivity index (χ0v) is 14.0. The van der Waals surface area contributed by atoms with E-state index in [4.69, 9.17) is 0 Å². The quantitative estimate of drug-likeness (QED) is 0.714. The molecule has 3 aromatic rings. The maximum atomic E-state index is 13.8. The normalized spacial score (nSPS) is 15.2. The number of fused-ring (bicyclic) bond motifs is 1. The van der Waals surface area contributed by atoms with Crippen molar-refractivity contribution in [3.8, 4) is 0 Å². The molecule has 4 rings (SSSR count). The molecule has 0 unspecified atom stereocenters. The van der Waals surface area contributed by atoms with Gasteiger partial charge in [0.2, 0.25) is 0 Å². The van der Waals surface area contributed by atoms with Crippen molar-refractivity contribution in [3.63, 3.8) is 0 Å². The Morgan fingerprint density at radius 2 is 2.00 bits per heavy atom. The van der Waals surface area contributed by atoms with E-state index in [1.54, 1.807) is 35.0 Å².